The number of hydrogen-bond donors (Lipinski definition) is 1. The SMILES string of the molecule is N#Cc1cccc(CNc2ncnc(Cl)c2[N+](=O)[O-])c1. The summed E-state index contributed by atoms with van der Waals surface area (Å²) in [5.41, 5.74) is 0.943. The zero-order valence-electron chi connectivity index (χ0n) is 10.1. The smallest absolute Gasteiger partial charge is 0.348 e. The molecule has 1 N–H and O–H groups in total. The highest BCUT2D eigenvalue weighted by atomic mass is 35.5. The molecule has 0 aliphatic rings. The van der Waals surface area contributed by atoms with Gasteiger partial charge in [0.1, 0.15) is 6.33 Å². The molecule has 100 valence electrons. The minimum absolute atomic E-state index is 0.0392. The van der Waals surface area contributed by atoms with Gasteiger partial charge < -0.3 is 5.32 Å². The first-order valence-electron chi connectivity index (χ1n) is 5.49. The van der Waals surface area contributed by atoms with Crippen molar-refractivity contribution in [3.63, 3.8) is 0 Å². The first kappa shape index (κ1) is 13.7. The number of anilines is 1. The molecule has 2 aromatic rings. The summed E-state index contributed by atoms with van der Waals surface area (Å²) in [5, 5.41) is 22.3. The van der Waals surface area contributed by atoms with Crippen molar-refractivity contribution in [2.75, 3.05) is 5.32 Å². The van der Waals surface area contributed by atoms with Crippen LogP contribution in [0.15, 0.2) is 30.6 Å². The van der Waals surface area contributed by atoms with E-state index in [-0.39, 0.29) is 23.2 Å². The molecule has 0 saturated carbocycles. The summed E-state index contributed by atoms with van der Waals surface area (Å²) in [5.74, 6) is 0.0392. The lowest BCUT2D eigenvalue weighted by atomic mass is 10.1. The van der Waals surface area contributed by atoms with Crippen LogP contribution in [-0.4, -0.2) is 14.9 Å². The van der Waals surface area contributed by atoms with E-state index in [9.17, 15) is 10.1 Å². The Hall–Kier alpha value is -2.72. The number of rotatable bonds is 4. The van der Waals surface area contributed by atoms with Crippen LogP contribution in [0.1, 0.15) is 11.1 Å². The van der Waals surface area contributed by atoms with E-state index in [2.05, 4.69) is 15.3 Å². The number of nitriles is 1. The Morgan fingerprint density at radius 3 is 2.95 bits per heavy atom. The summed E-state index contributed by atoms with van der Waals surface area (Å²) in [4.78, 5) is 17.6. The average molecular weight is 290 g/mol. The Labute approximate surface area is 119 Å². The van der Waals surface area contributed by atoms with E-state index >= 15 is 0 Å². The minimum Gasteiger partial charge on any atom is -0.360 e. The molecule has 0 aliphatic carbocycles. The molecule has 0 spiro atoms. The normalized spacial score (nSPS) is 9.80. The molecule has 0 unspecified atom stereocenters. The van der Waals surface area contributed by atoms with Crippen LogP contribution < -0.4 is 5.32 Å². The number of benzene rings is 1. The Morgan fingerprint density at radius 1 is 1.45 bits per heavy atom. The number of halogens is 1. The van der Waals surface area contributed by atoms with Crippen molar-refractivity contribution < 1.29 is 4.92 Å². The first-order valence-corrected chi connectivity index (χ1v) is 5.87. The van der Waals surface area contributed by atoms with Crippen LogP contribution in [0.3, 0.4) is 0 Å². The van der Waals surface area contributed by atoms with Gasteiger partial charge in [0.05, 0.1) is 16.6 Å². The van der Waals surface area contributed by atoms with Gasteiger partial charge in [-0.05, 0) is 17.7 Å². The Morgan fingerprint density at radius 2 is 2.25 bits per heavy atom. The molecule has 7 nitrogen and oxygen atoms in total. The molecule has 0 atom stereocenters. The Kier molecular flexibility index (Phi) is 4.08. The van der Waals surface area contributed by atoms with Crippen molar-refractivity contribution in [1.82, 2.24) is 9.97 Å². The van der Waals surface area contributed by atoms with E-state index in [0.29, 0.717) is 5.56 Å². The number of nitrogens with zero attached hydrogens (tertiary/aromatic N) is 4. The Bertz CT molecular complexity index is 698. The van der Waals surface area contributed by atoms with Gasteiger partial charge in [-0.15, -0.1) is 0 Å². The van der Waals surface area contributed by atoms with Gasteiger partial charge >= 0.3 is 5.69 Å². The lowest BCUT2D eigenvalue weighted by Gasteiger charge is -2.06. The second kappa shape index (κ2) is 5.95. The van der Waals surface area contributed by atoms with Gasteiger partial charge in [-0.1, -0.05) is 23.7 Å². The second-order valence-corrected chi connectivity index (χ2v) is 4.14. The summed E-state index contributed by atoms with van der Waals surface area (Å²) < 4.78 is 0. The van der Waals surface area contributed by atoms with Crippen molar-refractivity contribution in [3.8, 4) is 6.07 Å². The van der Waals surface area contributed by atoms with Gasteiger partial charge in [-0.25, -0.2) is 9.97 Å². The summed E-state index contributed by atoms with van der Waals surface area (Å²) in [6, 6.07) is 8.90. The largest absolute Gasteiger partial charge is 0.360 e. The van der Waals surface area contributed by atoms with E-state index in [4.69, 9.17) is 16.9 Å². The molecule has 2 rings (SSSR count). The topological polar surface area (TPSA) is 105 Å². The molecule has 8 heteroatoms. The maximum Gasteiger partial charge on any atom is 0.348 e. The molecule has 1 heterocycles. The molecule has 0 fully saturated rings. The lowest BCUT2D eigenvalue weighted by molar-refractivity contribution is -0.384. The monoisotopic (exact) mass is 289 g/mol. The predicted molar refractivity (Wildman–Crippen MR) is 72.2 cm³/mol. The predicted octanol–water partition coefficient (Wildman–Crippen LogP) is 2.52. The highest BCUT2D eigenvalue weighted by Crippen LogP contribution is 2.28. The lowest BCUT2D eigenvalue weighted by Crippen LogP contribution is -2.06. The van der Waals surface area contributed by atoms with Crippen molar-refractivity contribution >= 4 is 23.1 Å². The number of aromatic nitrogens is 2. The first-order chi connectivity index (χ1) is 9.61. The number of nitrogens with one attached hydrogen (secondary N) is 1. The van der Waals surface area contributed by atoms with Crippen LogP contribution in [-0.2, 0) is 6.54 Å². The van der Waals surface area contributed by atoms with Crippen molar-refractivity contribution in [1.29, 1.82) is 5.26 Å². The average Bonchev–Trinajstić information content (AvgIpc) is 2.45. The highest BCUT2D eigenvalue weighted by Gasteiger charge is 2.21. The quantitative estimate of drug-likeness (QED) is 0.527. The highest BCUT2D eigenvalue weighted by molar-refractivity contribution is 6.31. The van der Waals surface area contributed by atoms with Crippen LogP contribution in [0.2, 0.25) is 5.15 Å². The van der Waals surface area contributed by atoms with Crippen molar-refractivity contribution in [3.05, 3.63) is 57.0 Å². The number of nitro groups is 1. The van der Waals surface area contributed by atoms with Crippen LogP contribution in [0.25, 0.3) is 0 Å². The van der Waals surface area contributed by atoms with E-state index in [0.717, 1.165) is 11.9 Å². The number of hydrogen-bond acceptors (Lipinski definition) is 6. The third kappa shape index (κ3) is 2.99. The van der Waals surface area contributed by atoms with Gasteiger partial charge in [0.2, 0.25) is 11.0 Å². The zero-order valence-corrected chi connectivity index (χ0v) is 10.8. The fraction of sp³-hybridized carbons (Fsp3) is 0.0833. The summed E-state index contributed by atoms with van der Waals surface area (Å²) in [6.45, 7) is 0.281. The van der Waals surface area contributed by atoms with E-state index in [1.165, 1.54) is 0 Å². The van der Waals surface area contributed by atoms with E-state index < -0.39 is 4.92 Å². The van der Waals surface area contributed by atoms with Gasteiger partial charge in [-0.3, -0.25) is 10.1 Å². The third-order valence-corrected chi connectivity index (χ3v) is 2.75. The van der Waals surface area contributed by atoms with Crippen molar-refractivity contribution in [2.45, 2.75) is 6.54 Å². The summed E-state index contributed by atoms with van der Waals surface area (Å²) >= 11 is 5.68. The van der Waals surface area contributed by atoms with Crippen LogP contribution in [0.5, 0.6) is 0 Å². The van der Waals surface area contributed by atoms with Gasteiger partial charge in [0.15, 0.2) is 0 Å². The fourth-order valence-corrected chi connectivity index (χ4v) is 1.79. The van der Waals surface area contributed by atoms with Gasteiger partial charge in [0, 0.05) is 6.54 Å². The van der Waals surface area contributed by atoms with Crippen molar-refractivity contribution in [2.24, 2.45) is 0 Å². The molecule has 0 aliphatic heterocycles. The molecular weight excluding hydrogens is 282 g/mol. The second-order valence-electron chi connectivity index (χ2n) is 3.78. The molecule has 0 amide bonds. The maximum atomic E-state index is 10.9. The fourth-order valence-electron chi connectivity index (χ4n) is 1.59. The standard InChI is InChI=1S/C12H8ClN5O2/c13-11-10(18(19)20)12(17-7-16-11)15-6-9-3-1-2-8(4-9)5-14/h1-4,7H,6H2,(H,15,16,17). The van der Waals surface area contributed by atoms with Crippen LogP contribution in [0, 0.1) is 21.4 Å². The molecule has 1 aromatic carbocycles. The molecule has 0 bridgehead atoms. The minimum atomic E-state index is -0.642. The van der Waals surface area contributed by atoms with Crippen LogP contribution in [0.4, 0.5) is 11.5 Å². The molecule has 0 saturated heterocycles. The van der Waals surface area contributed by atoms with Gasteiger partial charge in [0.25, 0.3) is 0 Å². The Balaban J connectivity index is 2.21. The maximum absolute atomic E-state index is 10.9. The van der Waals surface area contributed by atoms with E-state index in [1.807, 2.05) is 6.07 Å². The molecule has 1 aromatic heterocycles. The summed E-state index contributed by atoms with van der Waals surface area (Å²) in [6.07, 6.45) is 1.14. The molecule has 0 radical (unpaired) electrons. The van der Waals surface area contributed by atoms with E-state index in [1.54, 1.807) is 24.3 Å². The summed E-state index contributed by atoms with van der Waals surface area (Å²) in [7, 11) is 0. The molecule has 20 heavy (non-hydrogen) atoms. The van der Waals surface area contributed by atoms with Crippen LogP contribution >= 0.6 is 11.6 Å². The molecular formula is C12H8ClN5O2. The zero-order chi connectivity index (χ0) is 14.5. The third-order valence-electron chi connectivity index (χ3n) is 2.48. The van der Waals surface area contributed by atoms with Gasteiger partial charge in [-0.2, -0.15) is 5.26 Å².